The van der Waals surface area contributed by atoms with Crippen LogP contribution in [-0.2, 0) is 0 Å². The number of pyridine rings is 1. The summed E-state index contributed by atoms with van der Waals surface area (Å²) in [4.78, 5) is 4.68. The van der Waals surface area contributed by atoms with Crippen LogP contribution >= 0.6 is 0 Å². The van der Waals surface area contributed by atoms with Crippen molar-refractivity contribution in [3.05, 3.63) is 352 Å². The highest BCUT2D eigenvalue weighted by Crippen LogP contribution is 2.52. The zero-order chi connectivity index (χ0) is 65.1. The molecule has 460 valence electrons. The molecule has 0 N–H and O–H groups in total. The van der Waals surface area contributed by atoms with Gasteiger partial charge < -0.3 is 13.4 Å². The molecular formula is C95H58N2O2. The topological polar surface area (TPSA) is 44.1 Å². The molecule has 0 spiro atoms. The summed E-state index contributed by atoms with van der Waals surface area (Å²) in [6, 6.07) is 125. The van der Waals surface area contributed by atoms with Crippen LogP contribution in [0, 0.1) is 0 Å². The first-order valence-electron chi connectivity index (χ1n) is 33.9. The fourth-order valence-corrected chi connectivity index (χ4v) is 16.2. The minimum atomic E-state index is 0.865. The van der Waals surface area contributed by atoms with Gasteiger partial charge in [0, 0.05) is 55.3 Å². The van der Waals surface area contributed by atoms with Gasteiger partial charge in [-0.2, -0.15) is 0 Å². The number of hydrogen-bond donors (Lipinski definition) is 0. The van der Waals surface area contributed by atoms with Crippen molar-refractivity contribution in [2.75, 3.05) is 0 Å². The quantitative estimate of drug-likeness (QED) is 0.149. The summed E-state index contributed by atoms with van der Waals surface area (Å²) in [7, 11) is 0. The Morgan fingerprint density at radius 1 is 0.232 bits per heavy atom. The normalized spacial score (nSPS) is 11.8. The predicted molar refractivity (Wildman–Crippen MR) is 417 cm³/mol. The third kappa shape index (κ3) is 8.97. The van der Waals surface area contributed by atoms with E-state index in [9.17, 15) is 0 Å². The summed E-state index contributed by atoms with van der Waals surface area (Å²) in [5.74, 6) is 0. The van der Waals surface area contributed by atoms with E-state index in [0.717, 1.165) is 77.5 Å². The Labute approximate surface area is 569 Å². The molecule has 0 unspecified atom stereocenters. The van der Waals surface area contributed by atoms with Gasteiger partial charge in [-0.1, -0.05) is 273 Å². The van der Waals surface area contributed by atoms with Gasteiger partial charge in [0.2, 0.25) is 0 Å². The van der Waals surface area contributed by atoms with E-state index in [1.54, 1.807) is 0 Å². The molecule has 0 atom stereocenters. The lowest BCUT2D eigenvalue weighted by molar-refractivity contribution is 0.669. The number of aromatic nitrogens is 2. The van der Waals surface area contributed by atoms with Crippen molar-refractivity contribution in [2.24, 2.45) is 0 Å². The van der Waals surface area contributed by atoms with Gasteiger partial charge in [-0.25, -0.2) is 0 Å². The van der Waals surface area contributed by atoms with Gasteiger partial charge in [0.15, 0.2) is 0 Å². The van der Waals surface area contributed by atoms with E-state index in [1.165, 1.54) is 125 Å². The average Bonchev–Trinajstić information content (AvgIpc) is 1.68. The second-order valence-electron chi connectivity index (χ2n) is 25.9. The maximum absolute atomic E-state index is 6.94. The maximum Gasteiger partial charge on any atom is 0.145 e. The summed E-state index contributed by atoms with van der Waals surface area (Å²) in [5.41, 5.74) is 20.9. The minimum Gasteiger partial charge on any atom is -0.455 e. The van der Waals surface area contributed by atoms with Gasteiger partial charge in [-0.3, -0.25) is 4.98 Å². The molecule has 4 heteroatoms. The number of fused-ring (bicyclic) bond motifs is 15. The van der Waals surface area contributed by atoms with Crippen molar-refractivity contribution in [2.45, 2.75) is 0 Å². The molecule has 0 aliphatic rings. The average molecular weight is 1260 g/mol. The molecule has 99 heavy (non-hydrogen) atoms. The first-order chi connectivity index (χ1) is 49.1. The lowest BCUT2D eigenvalue weighted by Crippen LogP contribution is -1.93. The van der Waals surface area contributed by atoms with Gasteiger partial charge in [-0.15, -0.1) is 0 Å². The van der Waals surface area contributed by atoms with Gasteiger partial charge in [0.05, 0.1) is 16.7 Å². The van der Waals surface area contributed by atoms with Crippen LogP contribution in [0.4, 0.5) is 0 Å². The smallest absolute Gasteiger partial charge is 0.145 e. The third-order valence-electron chi connectivity index (χ3n) is 20.5. The molecule has 0 aliphatic heterocycles. The van der Waals surface area contributed by atoms with Crippen molar-refractivity contribution >= 4 is 130 Å². The molecule has 21 rings (SSSR count). The molecule has 4 aromatic heterocycles. The summed E-state index contributed by atoms with van der Waals surface area (Å²) < 4.78 is 15.9. The first kappa shape index (κ1) is 56.2. The Balaban J connectivity index is 0.000000139. The SMILES string of the molecule is c1ccc(-c2ccc(-c3c4ccccc4c(-c4ccc5ccccc5c4)c4ccccc34)c3c2oc2ccccc23)nc1.c1ccc(-n2c3ccccc3c3ccc(-c4ccc(-c5c6ccccc6c(-c6ccc7ccccc7c6)c6ccccc56)c5c4oc4ccccc45)cc32)cc1. The monoisotopic (exact) mass is 1260 g/mol. The Bertz CT molecular complexity index is 6740. The summed E-state index contributed by atoms with van der Waals surface area (Å²) >= 11 is 0. The van der Waals surface area contributed by atoms with Crippen LogP contribution in [0.15, 0.2) is 361 Å². The summed E-state index contributed by atoms with van der Waals surface area (Å²) in [6.45, 7) is 0. The molecule has 21 aromatic rings. The zero-order valence-corrected chi connectivity index (χ0v) is 53.7. The lowest BCUT2D eigenvalue weighted by atomic mass is 9.84. The van der Waals surface area contributed by atoms with Crippen LogP contribution in [0.2, 0.25) is 0 Å². The summed E-state index contributed by atoms with van der Waals surface area (Å²) in [5, 5.41) is 21.8. The largest absolute Gasteiger partial charge is 0.455 e. The molecule has 17 aromatic carbocycles. The van der Waals surface area contributed by atoms with Crippen molar-refractivity contribution in [1.29, 1.82) is 0 Å². The van der Waals surface area contributed by atoms with E-state index >= 15 is 0 Å². The predicted octanol–water partition coefficient (Wildman–Crippen LogP) is 26.6. The number of benzene rings is 17. The summed E-state index contributed by atoms with van der Waals surface area (Å²) in [6.07, 6.45) is 1.84. The second kappa shape index (κ2) is 22.8. The Morgan fingerprint density at radius 3 is 1.12 bits per heavy atom. The highest BCUT2D eigenvalue weighted by Gasteiger charge is 2.26. The number of rotatable bonds is 7. The van der Waals surface area contributed by atoms with Crippen LogP contribution in [0.25, 0.3) is 203 Å². The Morgan fingerprint density at radius 2 is 0.616 bits per heavy atom. The van der Waals surface area contributed by atoms with E-state index in [1.807, 2.05) is 30.5 Å². The van der Waals surface area contributed by atoms with Gasteiger partial charge in [0.1, 0.15) is 22.3 Å². The minimum absolute atomic E-state index is 0.865. The molecule has 0 amide bonds. The lowest BCUT2D eigenvalue weighted by Gasteiger charge is -2.19. The van der Waals surface area contributed by atoms with E-state index in [0.29, 0.717) is 0 Å². The fourth-order valence-electron chi connectivity index (χ4n) is 16.2. The van der Waals surface area contributed by atoms with Gasteiger partial charge in [-0.05, 0) is 188 Å². The van der Waals surface area contributed by atoms with E-state index in [-0.39, 0.29) is 0 Å². The fraction of sp³-hybridized carbons (Fsp3) is 0. The molecule has 0 saturated heterocycles. The Kier molecular flexibility index (Phi) is 12.9. The molecule has 0 radical (unpaired) electrons. The Hall–Kier alpha value is -13.2. The van der Waals surface area contributed by atoms with Crippen LogP contribution in [0.3, 0.4) is 0 Å². The molecule has 0 bridgehead atoms. The standard InChI is InChI=1S/C54H33NO.C41H25NO/c1-2-16-38(17-3-1)55-48-24-12-10-18-40(48)41-29-28-36(33-49(41)55)39-30-31-47(53-46-23-11-13-25-50(46)56-54(39)53)52-44-21-8-6-19-42(44)51(43-20-7-9-22-45(43)52)37-27-26-34-14-4-5-15-35(34)32-37;1-2-12-27-25-28(21-20-26(27)11-1)38-29-13-3-5-15-31(29)39(32-16-6-4-14-30(32)38)35-23-22-33(36-18-9-10-24-42-36)41-40(35)34-17-7-8-19-37(34)43-41/h1-33H;1-25H. The molecule has 0 fully saturated rings. The van der Waals surface area contributed by atoms with Crippen molar-refractivity contribution in [3.63, 3.8) is 0 Å². The third-order valence-corrected chi connectivity index (χ3v) is 20.5. The van der Waals surface area contributed by atoms with E-state index in [4.69, 9.17) is 8.83 Å². The van der Waals surface area contributed by atoms with Gasteiger partial charge >= 0.3 is 0 Å². The van der Waals surface area contributed by atoms with Crippen molar-refractivity contribution in [1.82, 2.24) is 9.55 Å². The number of furan rings is 2. The van der Waals surface area contributed by atoms with Gasteiger partial charge in [0.25, 0.3) is 0 Å². The molecule has 4 heterocycles. The molecule has 4 nitrogen and oxygen atoms in total. The highest BCUT2D eigenvalue weighted by atomic mass is 16.3. The molecular weight excluding hydrogens is 1200 g/mol. The van der Waals surface area contributed by atoms with Crippen LogP contribution < -0.4 is 0 Å². The first-order valence-corrected chi connectivity index (χ1v) is 33.9. The maximum atomic E-state index is 6.94. The highest BCUT2D eigenvalue weighted by molar-refractivity contribution is 6.29. The van der Waals surface area contributed by atoms with Crippen LogP contribution in [0.5, 0.6) is 0 Å². The van der Waals surface area contributed by atoms with E-state index < -0.39 is 0 Å². The molecule has 0 saturated carbocycles. The van der Waals surface area contributed by atoms with Crippen LogP contribution in [0.1, 0.15) is 0 Å². The van der Waals surface area contributed by atoms with E-state index in [2.05, 4.69) is 331 Å². The number of nitrogens with zero attached hydrogens (tertiary/aromatic N) is 2. The zero-order valence-electron chi connectivity index (χ0n) is 53.7. The number of para-hydroxylation sites is 4. The second-order valence-corrected chi connectivity index (χ2v) is 25.9. The molecule has 0 aliphatic carbocycles. The number of hydrogen-bond acceptors (Lipinski definition) is 3. The van der Waals surface area contributed by atoms with Crippen molar-refractivity contribution in [3.8, 4) is 72.6 Å². The van der Waals surface area contributed by atoms with Crippen LogP contribution in [-0.4, -0.2) is 9.55 Å². The van der Waals surface area contributed by atoms with Crippen molar-refractivity contribution < 1.29 is 8.83 Å².